The van der Waals surface area contributed by atoms with E-state index in [0.717, 1.165) is 42.2 Å². The molecule has 0 aromatic heterocycles. The molecule has 1 aliphatic rings. The number of thioether (sulfide) groups is 1. The quantitative estimate of drug-likeness (QED) is 0.0718. The monoisotopic (exact) mass is 911 g/mol. The Morgan fingerprint density at radius 1 is 0.817 bits per heavy atom. The molecule has 0 radical (unpaired) electrons. The fraction of sp³-hybridized carbons (Fsp3) is 0.391. The van der Waals surface area contributed by atoms with Gasteiger partial charge in [-0.2, -0.15) is 0 Å². The van der Waals surface area contributed by atoms with Crippen LogP contribution in [0.4, 0.5) is 22.7 Å². The summed E-state index contributed by atoms with van der Waals surface area (Å²) in [5, 5.41) is 7.07. The maximum atomic E-state index is 14.4. The fourth-order valence-corrected chi connectivity index (χ4v) is 8.98. The first-order chi connectivity index (χ1) is 28.8. The lowest BCUT2D eigenvalue weighted by molar-refractivity contribution is -0.122. The lowest BCUT2D eigenvalue weighted by Gasteiger charge is -2.19. The summed E-state index contributed by atoms with van der Waals surface area (Å²) in [6, 6.07) is 20.9. The molecule has 1 saturated heterocycles. The molecule has 4 aromatic carbocycles. The number of aryl methyl sites for hydroxylation is 2. The SMILES string of the molecule is CCCCCCCCCCCCCC(=O)Nc1ccc(Cl)c(N=C2NN(c3c(Cl)cc(Cl)cc3Cl)C(=O)C2Sc2ccccc2NC(=O)C(C)Oc2ccc(C)cc2C)c1. The highest BCUT2D eigenvalue weighted by Gasteiger charge is 2.41. The Bertz CT molecular complexity index is 2150. The van der Waals surface area contributed by atoms with Gasteiger partial charge in [0.2, 0.25) is 5.91 Å². The van der Waals surface area contributed by atoms with Crippen LogP contribution in [-0.4, -0.2) is 34.9 Å². The third kappa shape index (κ3) is 13.5. The zero-order valence-electron chi connectivity index (χ0n) is 34.5. The Hall–Kier alpha value is -3.93. The zero-order chi connectivity index (χ0) is 43.2. The molecule has 2 unspecified atom stereocenters. The van der Waals surface area contributed by atoms with Crippen molar-refractivity contribution in [3.8, 4) is 5.75 Å². The van der Waals surface area contributed by atoms with Crippen LogP contribution < -0.4 is 25.8 Å². The molecule has 320 valence electrons. The van der Waals surface area contributed by atoms with Gasteiger partial charge in [0.1, 0.15) is 22.5 Å². The van der Waals surface area contributed by atoms with Gasteiger partial charge < -0.3 is 15.4 Å². The molecule has 3 N–H and O–H groups in total. The van der Waals surface area contributed by atoms with Crippen molar-refractivity contribution < 1.29 is 19.1 Å². The lowest BCUT2D eigenvalue weighted by atomic mass is 10.1. The fourth-order valence-electron chi connectivity index (χ4n) is 6.76. The minimum Gasteiger partial charge on any atom is -0.481 e. The van der Waals surface area contributed by atoms with Gasteiger partial charge in [-0.3, -0.25) is 19.8 Å². The third-order valence-electron chi connectivity index (χ3n) is 10.00. The van der Waals surface area contributed by atoms with Crippen molar-refractivity contribution in [2.24, 2.45) is 4.99 Å². The second kappa shape index (κ2) is 23.3. The van der Waals surface area contributed by atoms with Crippen LogP contribution in [0.15, 0.2) is 82.7 Å². The first-order valence-corrected chi connectivity index (χ1v) is 23.0. The number of hydrogen-bond acceptors (Lipinski definition) is 6. The molecule has 1 heterocycles. The number of aliphatic imine (C=N–C) groups is 1. The van der Waals surface area contributed by atoms with E-state index in [-0.39, 0.29) is 33.4 Å². The van der Waals surface area contributed by atoms with Gasteiger partial charge in [0, 0.05) is 22.0 Å². The van der Waals surface area contributed by atoms with Crippen molar-refractivity contribution in [1.82, 2.24) is 5.43 Å². The highest BCUT2D eigenvalue weighted by Crippen LogP contribution is 2.41. The molecular formula is C46H53Cl4N5O4S. The van der Waals surface area contributed by atoms with Gasteiger partial charge in [-0.25, -0.2) is 10.0 Å². The van der Waals surface area contributed by atoms with Crippen molar-refractivity contribution >= 4 is 104 Å². The van der Waals surface area contributed by atoms with Crippen LogP contribution in [-0.2, 0) is 14.4 Å². The molecular weight excluding hydrogens is 860 g/mol. The molecule has 0 aliphatic carbocycles. The number of para-hydroxylation sites is 1. The van der Waals surface area contributed by atoms with Crippen LogP contribution >= 0.6 is 58.2 Å². The zero-order valence-corrected chi connectivity index (χ0v) is 38.4. The summed E-state index contributed by atoms with van der Waals surface area (Å²) < 4.78 is 6.02. The van der Waals surface area contributed by atoms with E-state index in [1.54, 1.807) is 49.4 Å². The van der Waals surface area contributed by atoms with Gasteiger partial charge >= 0.3 is 0 Å². The molecule has 14 heteroatoms. The minimum absolute atomic E-state index is 0.0972. The van der Waals surface area contributed by atoms with Crippen molar-refractivity contribution in [1.29, 1.82) is 0 Å². The Kier molecular flexibility index (Phi) is 18.3. The minimum atomic E-state index is -0.981. The van der Waals surface area contributed by atoms with Crippen molar-refractivity contribution in [3.63, 3.8) is 0 Å². The van der Waals surface area contributed by atoms with Crippen molar-refractivity contribution in [2.45, 2.75) is 121 Å². The van der Waals surface area contributed by atoms with Crippen LogP contribution in [0.2, 0.25) is 20.1 Å². The van der Waals surface area contributed by atoms with Crippen LogP contribution in [0.5, 0.6) is 5.75 Å². The van der Waals surface area contributed by atoms with E-state index in [2.05, 4.69) is 23.0 Å². The number of ether oxygens (including phenoxy) is 1. The van der Waals surface area contributed by atoms with E-state index in [1.165, 1.54) is 68.5 Å². The predicted molar refractivity (Wildman–Crippen MR) is 251 cm³/mol. The van der Waals surface area contributed by atoms with Crippen LogP contribution in [0.1, 0.15) is 102 Å². The van der Waals surface area contributed by atoms with E-state index in [0.29, 0.717) is 44.2 Å². The smallest absolute Gasteiger partial charge is 0.267 e. The van der Waals surface area contributed by atoms with Crippen LogP contribution in [0.3, 0.4) is 0 Å². The molecule has 1 fully saturated rings. The first-order valence-electron chi connectivity index (χ1n) is 20.6. The summed E-state index contributed by atoms with van der Waals surface area (Å²) in [5.41, 5.74) is 6.60. The molecule has 2 atom stereocenters. The van der Waals surface area contributed by atoms with Crippen molar-refractivity contribution in [2.75, 3.05) is 15.6 Å². The van der Waals surface area contributed by atoms with Gasteiger partial charge in [0.15, 0.2) is 6.10 Å². The van der Waals surface area contributed by atoms with E-state index in [4.69, 9.17) is 56.1 Å². The molecule has 3 amide bonds. The van der Waals surface area contributed by atoms with Gasteiger partial charge in [-0.15, -0.1) is 11.8 Å². The summed E-state index contributed by atoms with van der Waals surface area (Å²) in [6.45, 7) is 7.84. The summed E-state index contributed by atoms with van der Waals surface area (Å²) in [5.74, 6) is -0.0832. The average molecular weight is 914 g/mol. The molecule has 0 bridgehead atoms. The highest BCUT2D eigenvalue weighted by molar-refractivity contribution is 8.01. The Morgan fingerprint density at radius 3 is 2.13 bits per heavy atom. The number of anilines is 3. The summed E-state index contributed by atoms with van der Waals surface area (Å²) in [7, 11) is 0. The third-order valence-corrected chi connectivity index (χ3v) is 12.4. The number of unbranched alkanes of at least 4 members (excludes halogenated alkanes) is 10. The Labute approximate surface area is 378 Å². The number of hydrazine groups is 1. The number of hydrogen-bond donors (Lipinski definition) is 3. The van der Waals surface area contributed by atoms with Crippen molar-refractivity contribution in [3.05, 3.63) is 104 Å². The number of amidine groups is 1. The van der Waals surface area contributed by atoms with Crippen LogP contribution in [0, 0.1) is 13.8 Å². The Morgan fingerprint density at radius 2 is 1.47 bits per heavy atom. The number of nitrogens with zero attached hydrogens (tertiary/aromatic N) is 2. The maximum Gasteiger partial charge on any atom is 0.267 e. The number of rotatable bonds is 21. The summed E-state index contributed by atoms with van der Waals surface area (Å²) >= 11 is 27.3. The second-order valence-electron chi connectivity index (χ2n) is 15.0. The molecule has 5 rings (SSSR count). The van der Waals surface area contributed by atoms with E-state index < -0.39 is 17.3 Å². The van der Waals surface area contributed by atoms with E-state index >= 15 is 0 Å². The molecule has 0 saturated carbocycles. The summed E-state index contributed by atoms with van der Waals surface area (Å²) in [4.78, 5) is 46.2. The van der Waals surface area contributed by atoms with Gasteiger partial charge in [-0.05, 0) is 81.3 Å². The second-order valence-corrected chi connectivity index (χ2v) is 17.8. The average Bonchev–Trinajstić information content (AvgIpc) is 3.49. The van der Waals surface area contributed by atoms with Gasteiger partial charge in [0.05, 0.1) is 26.4 Å². The normalized spacial score (nSPS) is 14.9. The molecule has 60 heavy (non-hydrogen) atoms. The topological polar surface area (TPSA) is 112 Å². The maximum absolute atomic E-state index is 14.4. The molecule has 4 aromatic rings. The predicted octanol–water partition coefficient (Wildman–Crippen LogP) is 13.7. The van der Waals surface area contributed by atoms with Gasteiger partial charge in [0.25, 0.3) is 11.8 Å². The molecule has 0 spiro atoms. The number of amides is 3. The number of nitrogens with one attached hydrogen (secondary N) is 3. The molecule has 1 aliphatic heterocycles. The molecule has 9 nitrogen and oxygen atoms in total. The van der Waals surface area contributed by atoms with E-state index in [1.807, 2.05) is 32.0 Å². The number of carbonyl (C=O) groups excluding carboxylic acids is 3. The number of carbonyl (C=O) groups is 3. The number of halogens is 4. The Balaban J connectivity index is 1.31. The standard InChI is InChI=1S/C46H53Cl4N5O4S/c1-5-6-7-8-9-10-11-12-13-14-15-20-41(56)51-33-22-23-34(48)38(28-33)52-44-43(46(58)55(54-44)42-35(49)26-32(47)27-36(42)50)60-40-19-17-16-18-37(40)53-45(57)31(4)59-39-24-21-29(2)25-30(39)3/h16-19,21-28,31,43H,5-15,20H2,1-4H3,(H,51,56)(H,52,54)(H,53,57). The first kappa shape index (κ1) is 47.1. The van der Waals surface area contributed by atoms with Gasteiger partial charge in [-0.1, -0.05) is 147 Å². The lowest BCUT2D eigenvalue weighted by Crippen LogP contribution is -2.36. The highest BCUT2D eigenvalue weighted by atomic mass is 35.5. The van der Waals surface area contributed by atoms with E-state index in [9.17, 15) is 14.4 Å². The summed E-state index contributed by atoms with van der Waals surface area (Å²) in [6.07, 6.45) is 12.8. The van der Waals surface area contributed by atoms with Crippen LogP contribution in [0.25, 0.3) is 0 Å². The number of benzene rings is 4. The largest absolute Gasteiger partial charge is 0.481 e.